The lowest BCUT2D eigenvalue weighted by Gasteiger charge is -2.40. The van der Waals surface area contributed by atoms with Gasteiger partial charge in [0.2, 0.25) is 5.69 Å². The van der Waals surface area contributed by atoms with E-state index in [1.807, 2.05) is 36.0 Å². The molecule has 39 heavy (non-hydrogen) atoms. The van der Waals surface area contributed by atoms with Crippen LogP contribution >= 0.6 is 11.3 Å². The molecule has 5 aromatic rings. The Morgan fingerprint density at radius 2 is 1.51 bits per heavy atom. The molecule has 0 saturated heterocycles. The molecule has 0 spiro atoms. The zero-order valence-electron chi connectivity index (χ0n) is 22.6. The van der Waals surface area contributed by atoms with E-state index in [9.17, 15) is 4.39 Å². The number of pyridine rings is 1. The van der Waals surface area contributed by atoms with Crippen LogP contribution in [0.15, 0.2) is 54.7 Å². The number of nitrogens with zero attached hydrogens (tertiary/aromatic N) is 1. The zero-order valence-corrected chi connectivity index (χ0v) is 23.5. The van der Waals surface area contributed by atoms with E-state index in [1.54, 1.807) is 0 Å². The minimum absolute atomic E-state index is 0.149. The highest BCUT2D eigenvalue weighted by Crippen LogP contribution is 2.58. The van der Waals surface area contributed by atoms with Crippen molar-refractivity contribution in [1.29, 1.82) is 0 Å². The summed E-state index contributed by atoms with van der Waals surface area (Å²) in [5.74, 6) is -7.74. The van der Waals surface area contributed by atoms with Gasteiger partial charge in [-0.05, 0) is 59.4 Å². The molecule has 1 unspecified atom stereocenters. The molecular formula is C32H29F5NS+. The summed E-state index contributed by atoms with van der Waals surface area (Å²) >= 11 is 1.28. The number of aromatic nitrogens is 1. The van der Waals surface area contributed by atoms with E-state index < -0.39 is 35.1 Å². The van der Waals surface area contributed by atoms with Crippen LogP contribution in [0.25, 0.3) is 42.2 Å². The van der Waals surface area contributed by atoms with Gasteiger partial charge in [0.1, 0.15) is 11.7 Å². The highest BCUT2D eigenvalue weighted by Gasteiger charge is 2.63. The number of alkyl halides is 5. The molecule has 0 amide bonds. The number of fused-ring (bicyclic) bond motifs is 5. The maximum absolute atomic E-state index is 15.2. The fourth-order valence-electron chi connectivity index (χ4n) is 6.09. The number of rotatable bonds is 1. The molecular weight excluding hydrogens is 525 g/mol. The largest absolute Gasteiger partial charge is 0.307 e. The second-order valence-electron chi connectivity index (χ2n) is 12.1. The van der Waals surface area contributed by atoms with Gasteiger partial charge in [-0.2, -0.15) is 13.3 Å². The number of halogens is 5. The van der Waals surface area contributed by atoms with Crippen molar-refractivity contribution in [2.75, 3.05) is 0 Å². The van der Waals surface area contributed by atoms with Crippen molar-refractivity contribution in [3.63, 3.8) is 0 Å². The molecule has 7 heteroatoms. The fraction of sp³-hybridized carbons (Fsp3) is 0.344. The first-order valence-electron chi connectivity index (χ1n) is 12.9. The monoisotopic (exact) mass is 554 g/mol. The van der Waals surface area contributed by atoms with Crippen molar-refractivity contribution in [2.24, 2.45) is 7.05 Å². The summed E-state index contributed by atoms with van der Waals surface area (Å²) in [7, 11) is 1.92. The quantitative estimate of drug-likeness (QED) is 0.143. The van der Waals surface area contributed by atoms with Crippen molar-refractivity contribution in [3.8, 4) is 11.3 Å². The first-order chi connectivity index (χ1) is 18.0. The van der Waals surface area contributed by atoms with Crippen LogP contribution in [0.4, 0.5) is 22.0 Å². The van der Waals surface area contributed by atoms with Gasteiger partial charge in [0, 0.05) is 32.7 Å². The highest BCUT2D eigenvalue weighted by atomic mass is 32.1. The number of hydrogen-bond donors (Lipinski definition) is 0. The predicted octanol–water partition coefficient (Wildman–Crippen LogP) is 9.62. The smallest absolute Gasteiger partial charge is 0.237 e. The van der Waals surface area contributed by atoms with E-state index in [1.165, 1.54) is 22.3 Å². The first kappa shape index (κ1) is 26.2. The molecule has 0 bridgehead atoms. The Kier molecular flexibility index (Phi) is 5.37. The lowest BCUT2D eigenvalue weighted by Crippen LogP contribution is -2.48. The average Bonchev–Trinajstić information content (AvgIpc) is 3.19. The first-order valence-corrected chi connectivity index (χ1v) is 13.7. The van der Waals surface area contributed by atoms with Gasteiger partial charge in [-0.3, -0.25) is 0 Å². The number of aryl methyl sites for hydroxylation is 2. The van der Waals surface area contributed by atoms with Crippen LogP contribution < -0.4 is 4.57 Å². The molecule has 202 valence electrons. The normalized spacial score (nSPS) is 20.6. The van der Waals surface area contributed by atoms with Crippen LogP contribution in [-0.4, -0.2) is 5.67 Å². The number of hydrogen-bond acceptors (Lipinski definition) is 1. The minimum Gasteiger partial charge on any atom is -0.237 e. The second kappa shape index (κ2) is 8.00. The van der Waals surface area contributed by atoms with Crippen molar-refractivity contribution in [3.05, 3.63) is 77.0 Å². The van der Waals surface area contributed by atoms with E-state index >= 15 is 17.6 Å². The lowest BCUT2D eigenvalue weighted by atomic mass is 9.76. The molecule has 0 saturated carbocycles. The fourth-order valence-corrected chi connectivity index (χ4v) is 7.40. The number of thiophene rings is 1. The Bertz CT molecular complexity index is 1820. The Morgan fingerprint density at radius 1 is 0.846 bits per heavy atom. The molecule has 0 aliphatic heterocycles. The van der Waals surface area contributed by atoms with Gasteiger partial charge in [0.15, 0.2) is 11.9 Å². The van der Waals surface area contributed by atoms with Crippen molar-refractivity contribution in [2.45, 2.75) is 64.0 Å². The van der Waals surface area contributed by atoms with Crippen LogP contribution in [0, 0.1) is 6.92 Å². The van der Waals surface area contributed by atoms with Crippen LogP contribution in [0.3, 0.4) is 0 Å². The Labute approximate surface area is 227 Å². The lowest BCUT2D eigenvalue weighted by molar-refractivity contribution is -0.659. The standard InChI is InChI=1S/C32H29F5NS/c1-17-18-9-7-8-10-19(18)23(29(2,3)4)13-21(17)27-28-20(11-12-38(27)6)22-14-24-25(15-26(22)39-28)32(36,37)30(5,33)16-31(24,34)35/h7-15H,16H2,1-6H3/q+1. The molecule has 0 N–H and O–H groups in total. The maximum Gasteiger partial charge on any atom is 0.307 e. The van der Waals surface area contributed by atoms with Crippen LogP contribution in [0.1, 0.15) is 56.4 Å². The van der Waals surface area contributed by atoms with Crippen LogP contribution in [0.5, 0.6) is 0 Å². The summed E-state index contributed by atoms with van der Waals surface area (Å²) in [5.41, 5.74) is -1.09. The summed E-state index contributed by atoms with van der Waals surface area (Å²) in [6.45, 7) is 9.12. The minimum atomic E-state index is -4.03. The van der Waals surface area contributed by atoms with Crippen molar-refractivity contribution >= 4 is 42.3 Å². The van der Waals surface area contributed by atoms with Gasteiger partial charge in [-0.25, -0.2) is 13.2 Å². The Balaban J connectivity index is 1.71. The van der Waals surface area contributed by atoms with Gasteiger partial charge in [-0.1, -0.05) is 45.0 Å². The highest BCUT2D eigenvalue weighted by molar-refractivity contribution is 7.26. The molecule has 1 nitrogen and oxygen atoms in total. The summed E-state index contributed by atoms with van der Waals surface area (Å²) in [6, 6.07) is 14.5. The van der Waals surface area contributed by atoms with Crippen LogP contribution in [0.2, 0.25) is 0 Å². The van der Waals surface area contributed by atoms with Crippen molar-refractivity contribution < 1.29 is 26.5 Å². The third-order valence-electron chi connectivity index (χ3n) is 8.22. The maximum atomic E-state index is 15.2. The average molecular weight is 555 g/mol. The van der Waals surface area contributed by atoms with Gasteiger partial charge in [0.05, 0.1) is 12.0 Å². The van der Waals surface area contributed by atoms with E-state index in [2.05, 4.69) is 45.9 Å². The molecule has 0 radical (unpaired) electrons. The predicted molar refractivity (Wildman–Crippen MR) is 149 cm³/mol. The van der Waals surface area contributed by atoms with Crippen LogP contribution in [-0.2, 0) is 24.3 Å². The molecule has 1 atom stereocenters. The molecule has 2 aromatic heterocycles. The third kappa shape index (κ3) is 3.65. The molecule has 3 aromatic carbocycles. The summed E-state index contributed by atoms with van der Waals surface area (Å²) in [5, 5.41) is 3.48. The van der Waals surface area contributed by atoms with Gasteiger partial charge in [0.25, 0.3) is 5.92 Å². The van der Waals surface area contributed by atoms with Crippen molar-refractivity contribution in [1.82, 2.24) is 0 Å². The van der Waals surface area contributed by atoms with E-state index in [4.69, 9.17) is 0 Å². The molecule has 1 aliphatic rings. The van der Waals surface area contributed by atoms with Gasteiger partial charge >= 0.3 is 5.92 Å². The topological polar surface area (TPSA) is 3.88 Å². The third-order valence-corrected chi connectivity index (χ3v) is 9.39. The van der Waals surface area contributed by atoms with Gasteiger partial charge < -0.3 is 0 Å². The molecule has 0 fully saturated rings. The second-order valence-corrected chi connectivity index (χ2v) is 13.1. The molecule has 6 rings (SSSR count). The Morgan fingerprint density at radius 3 is 2.18 bits per heavy atom. The SMILES string of the molecule is Cc1c(-c2c3sc4cc5c(cc4c3cc[n+]2C)C(F)(F)CC(C)(F)C5(F)F)cc(C(C)(C)C)c2ccccc12. The van der Waals surface area contributed by atoms with Gasteiger partial charge in [-0.15, -0.1) is 11.3 Å². The Hall–Kier alpha value is -3.06. The summed E-state index contributed by atoms with van der Waals surface area (Å²) in [6.07, 6.45) is 0.319. The zero-order chi connectivity index (χ0) is 28.3. The van der Waals surface area contributed by atoms with E-state index in [0.717, 1.165) is 39.0 Å². The molecule has 1 aliphatic carbocycles. The van der Waals surface area contributed by atoms with E-state index in [0.29, 0.717) is 22.4 Å². The molecule has 2 heterocycles. The number of benzene rings is 3. The summed E-state index contributed by atoms with van der Waals surface area (Å²) in [4.78, 5) is 0. The van der Waals surface area contributed by atoms with E-state index in [-0.39, 0.29) is 5.41 Å². The summed E-state index contributed by atoms with van der Waals surface area (Å²) < 4.78 is 78.5.